The van der Waals surface area contributed by atoms with Crippen LogP contribution in [0.4, 0.5) is 11.4 Å². The molecule has 2 aromatic rings. The van der Waals surface area contributed by atoms with Crippen molar-refractivity contribution in [1.29, 1.82) is 0 Å². The van der Waals surface area contributed by atoms with Gasteiger partial charge in [-0.25, -0.2) is 0 Å². The number of nitrogens with zero attached hydrogens (tertiary/aromatic N) is 2. The predicted molar refractivity (Wildman–Crippen MR) is 108 cm³/mol. The predicted octanol–water partition coefficient (Wildman–Crippen LogP) is 2.81. The molecule has 0 radical (unpaired) electrons. The number of aromatic nitrogens is 1. The number of benzene rings is 1. The van der Waals surface area contributed by atoms with Crippen LogP contribution in [0.2, 0.25) is 0 Å². The van der Waals surface area contributed by atoms with Gasteiger partial charge in [-0.3, -0.25) is 14.7 Å². The molecule has 1 aromatic carbocycles. The molecule has 0 spiro atoms. The van der Waals surface area contributed by atoms with E-state index in [0.29, 0.717) is 12.1 Å². The van der Waals surface area contributed by atoms with Crippen LogP contribution in [0.1, 0.15) is 27.0 Å². The lowest BCUT2D eigenvalue weighted by Crippen LogP contribution is -2.41. The quantitative estimate of drug-likeness (QED) is 0.821. The maximum Gasteiger partial charge on any atom is 0.252 e. The fourth-order valence-corrected chi connectivity index (χ4v) is 3.41. The summed E-state index contributed by atoms with van der Waals surface area (Å²) in [5.74, 6) is -0.100. The summed E-state index contributed by atoms with van der Waals surface area (Å²) in [4.78, 5) is 19.0. The van der Waals surface area contributed by atoms with Gasteiger partial charge < -0.3 is 15.4 Å². The minimum absolute atomic E-state index is 0.100. The van der Waals surface area contributed by atoms with E-state index >= 15 is 0 Å². The molecule has 2 heterocycles. The molecule has 0 bridgehead atoms. The lowest BCUT2D eigenvalue weighted by atomic mass is 10.0. The molecule has 6 heteroatoms. The summed E-state index contributed by atoms with van der Waals surface area (Å²) < 4.78 is 5.34. The Morgan fingerprint density at radius 3 is 2.52 bits per heavy atom. The number of rotatable bonds is 6. The highest BCUT2D eigenvalue weighted by atomic mass is 16.5. The van der Waals surface area contributed by atoms with Crippen molar-refractivity contribution in [3.63, 3.8) is 0 Å². The third kappa shape index (κ3) is 5.28. The minimum Gasteiger partial charge on any atom is -0.379 e. The van der Waals surface area contributed by atoms with E-state index in [1.165, 1.54) is 16.7 Å². The zero-order chi connectivity index (χ0) is 19.2. The number of carbonyl (C=O) groups excluding carboxylic acids is 1. The smallest absolute Gasteiger partial charge is 0.252 e. The number of aryl methyl sites for hydroxylation is 3. The highest BCUT2D eigenvalue weighted by molar-refractivity contribution is 5.94. The molecular weight excluding hydrogens is 340 g/mol. The van der Waals surface area contributed by atoms with Crippen molar-refractivity contribution in [3.8, 4) is 0 Å². The minimum atomic E-state index is -0.100. The van der Waals surface area contributed by atoms with Crippen molar-refractivity contribution in [2.75, 3.05) is 44.7 Å². The average Bonchev–Trinajstić information content (AvgIpc) is 2.66. The summed E-state index contributed by atoms with van der Waals surface area (Å²) in [6.07, 6.45) is 3.34. The normalized spacial score (nSPS) is 14.8. The van der Waals surface area contributed by atoms with Gasteiger partial charge in [-0.1, -0.05) is 17.7 Å². The number of nitrogens with one attached hydrogen (secondary N) is 2. The third-order valence-electron chi connectivity index (χ3n) is 4.76. The van der Waals surface area contributed by atoms with E-state index in [2.05, 4.69) is 53.4 Å². The number of carbonyl (C=O) groups is 1. The number of morpholine rings is 1. The van der Waals surface area contributed by atoms with Gasteiger partial charge >= 0.3 is 0 Å². The van der Waals surface area contributed by atoms with E-state index in [0.717, 1.165) is 44.2 Å². The number of amides is 1. The van der Waals surface area contributed by atoms with Crippen molar-refractivity contribution >= 4 is 17.3 Å². The van der Waals surface area contributed by atoms with Gasteiger partial charge in [-0.15, -0.1) is 0 Å². The first kappa shape index (κ1) is 19.3. The Morgan fingerprint density at radius 1 is 1.11 bits per heavy atom. The first-order valence-electron chi connectivity index (χ1n) is 9.41. The molecule has 1 aromatic heterocycles. The summed E-state index contributed by atoms with van der Waals surface area (Å²) in [7, 11) is 0. The van der Waals surface area contributed by atoms with Gasteiger partial charge in [0.15, 0.2) is 0 Å². The van der Waals surface area contributed by atoms with Crippen molar-refractivity contribution in [2.24, 2.45) is 0 Å². The van der Waals surface area contributed by atoms with Crippen molar-refractivity contribution in [2.45, 2.75) is 20.8 Å². The molecule has 2 N–H and O–H groups in total. The van der Waals surface area contributed by atoms with Crippen molar-refractivity contribution in [1.82, 2.24) is 15.2 Å². The molecule has 1 fully saturated rings. The zero-order valence-electron chi connectivity index (χ0n) is 16.3. The lowest BCUT2D eigenvalue weighted by molar-refractivity contribution is 0.0383. The zero-order valence-corrected chi connectivity index (χ0v) is 16.3. The van der Waals surface area contributed by atoms with Crippen LogP contribution in [0.15, 0.2) is 30.6 Å². The highest BCUT2D eigenvalue weighted by Gasteiger charge is 2.12. The first-order chi connectivity index (χ1) is 13.0. The number of ether oxygens (including phenoxy) is 1. The van der Waals surface area contributed by atoms with E-state index in [-0.39, 0.29) is 5.91 Å². The molecule has 6 nitrogen and oxygen atoms in total. The molecule has 1 saturated heterocycles. The van der Waals surface area contributed by atoms with Gasteiger partial charge in [0.2, 0.25) is 0 Å². The maximum absolute atomic E-state index is 12.4. The molecule has 1 aliphatic rings. The summed E-state index contributed by atoms with van der Waals surface area (Å²) in [5, 5.41) is 6.38. The Kier molecular flexibility index (Phi) is 6.42. The molecule has 27 heavy (non-hydrogen) atoms. The topological polar surface area (TPSA) is 66.5 Å². The number of hydrogen-bond acceptors (Lipinski definition) is 5. The van der Waals surface area contributed by atoms with Crippen molar-refractivity contribution < 1.29 is 9.53 Å². The summed E-state index contributed by atoms with van der Waals surface area (Å²) in [5.41, 5.74) is 6.02. The first-order valence-corrected chi connectivity index (χ1v) is 9.41. The average molecular weight is 368 g/mol. The molecular formula is C21H28N4O2. The van der Waals surface area contributed by atoms with Gasteiger partial charge in [-0.2, -0.15) is 0 Å². The van der Waals surface area contributed by atoms with Crippen molar-refractivity contribution in [3.05, 3.63) is 52.8 Å². The third-order valence-corrected chi connectivity index (χ3v) is 4.76. The van der Waals surface area contributed by atoms with Crippen LogP contribution in [0.5, 0.6) is 0 Å². The molecule has 0 atom stereocenters. The van der Waals surface area contributed by atoms with Gasteiger partial charge in [0.1, 0.15) is 0 Å². The molecule has 0 saturated carbocycles. The summed E-state index contributed by atoms with van der Waals surface area (Å²) in [6.45, 7) is 11.1. The summed E-state index contributed by atoms with van der Waals surface area (Å²) >= 11 is 0. The second kappa shape index (κ2) is 8.97. The molecule has 1 amide bonds. The maximum atomic E-state index is 12.4. The van der Waals surface area contributed by atoms with Crippen LogP contribution in [0.25, 0.3) is 0 Å². The van der Waals surface area contributed by atoms with E-state index in [1.807, 2.05) is 6.07 Å². The van der Waals surface area contributed by atoms with Crippen LogP contribution in [0.3, 0.4) is 0 Å². The standard InChI is InChI=1S/C21H28N4O2/c1-15-10-16(2)20(17(3)11-15)24-19-12-18(13-22-14-19)21(26)23-4-5-25-6-8-27-9-7-25/h10-14,24H,4-9H2,1-3H3,(H,23,26). The van der Waals surface area contributed by atoms with Crippen LogP contribution >= 0.6 is 0 Å². The van der Waals surface area contributed by atoms with Gasteiger partial charge in [0, 0.05) is 38.1 Å². The molecule has 0 unspecified atom stereocenters. The van der Waals surface area contributed by atoms with Crippen LogP contribution < -0.4 is 10.6 Å². The Bertz CT molecular complexity index is 778. The fourth-order valence-electron chi connectivity index (χ4n) is 3.41. The number of pyridine rings is 1. The SMILES string of the molecule is Cc1cc(C)c(Nc2cncc(C(=O)NCCN3CCOCC3)c2)c(C)c1. The Labute approximate surface area is 160 Å². The monoisotopic (exact) mass is 368 g/mol. The Hall–Kier alpha value is -2.44. The Morgan fingerprint density at radius 2 is 1.81 bits per heavy atom. The highest BCUT2D eigenvalue weighted by Crippen LogP contribution is 2.25. The second-order valence-corrected chi connectivity index (χ2v) is 7.07. The Balaban J connectivity index is 1.60. The van der Waals surface area contributed by atoms with Crippen LogP contribution in [0, 0.1) is 20.8 Å². The summed E-state index contributed by atoms with van der Waals surface area (Å²) in [6, 6.07) is 6.13. The molecule has 3 rings (SSSR count). The largest absolute Gasteiger partial charge is 0.379 e. The van der Waals surface area contributed by atoms with E-state index in [4.69, 9.17) is 4.74 Å². The van der Waals surface area contributed by atoms with Crippen LogP contribution in [-0.4, -0.2) is 55.2 Å². The number of hydrogen-bond donors (Lipinski definition) is 2. The van der Waals surface area contributed by atoms with Gasteiger partial charge in [0.05, 0.1) is 30.7 Å². The van der Waals surface area contributed by atoms with E-state index in [9.17, 15) is 4.79 Å². The fraction of sp³-hybridized carbons (Fsp3) is 0.429. The molecule has 1 aliphatic heterocycles. The molecule has 144 valence electrons. The molecule has 0 aliphatic carbocycles. The van der Waals surface area contributed by atoms with Gasteiger partial charge in [-0.05, 0) is 38.0 Å². The van der Waals surface area contributed by atoms with E-state index < -0.39 is 0 Å². The van der Waals surface area contributed by atoms with Gasteiger partial charge in [0.25, 0.3) is 5.91 Å². The van der Waals surface area contributed by atoms with E-state index in [1.54, 1.807) is 12.4 Å². The second-order valence-electron chi connectivity index (χ2n) is 7.07. The van der Waals surface area contributed by atoms with Crippen LogP contribution in [-0.2, 0) is 4.74 Å². The number of anilines is 2. The lowest BCUT2D eigenvalue weighted by Gasteiger charge is -2.26.